The van der Waals surface area contributed by atoms with Crippen molar-refractivity contribution < 1.29 is 39.9 Å². The molecule has 10 nitrogen and oxygen atoms in total. The quantitative estimate of drug-likeness (QED) is 0.405. The topological polar surface area (TPSA) is 158 Å². The second kappa shape index (κ2) is 12.2. The molecule has 4 N–H and O–H groups in total. The third-order valence-electron chi connectivity index (χ3n) is 5.12. The first-order valence-electron chi connectivity index (χ1n) is 9.60. The molecule has 1 rings (SSSR count). The summed E-state index contributed by atoms with van der Waals surface area (Å²) in [6, 6.07) is 8.11. The normalized spacial score (nSPS) is 15.9. The van der Waals surface area contributed by atoms with E-state index in [1.807, 2.05) is 25.1 Å². The van der Waals surface area contributed by atoms with Crippen molar-refractivity contribution in [2.75, 3.05) is 26.7 Å². The van der Waals surface area contributed by atoms with Crippen molar-refractivity contribution in [2.45, 2.75) is 45.9 Å². The van der Waals surface area contributed by atoms with Crippen LogP contribution in [0.15, 0.2) is 24.3 Å². The maximum absolute atomic E-state index is 11.4. The Morgan fingerprint density at radius 3 is 1.83 bits per heavy atom. The SMILES string of the molecule is CCN(CC)C(C)c1cccc([N@+](C)(CC)C(=O)[O-])c1.O=C(O)C(O)C(O)C(=O)O. The molecular formula is C20H32N2O8. The number of aliphatic hydroxyl groups excluding tert-OH is 2. The van der Waals surface area contributed by atoms with Gasteiger partial charge in [-0.1, -0.05) is 26.0 Å². The average molecular weight is 428 g/mol. The van der Waals surface area contributed by atoms with Gasteiger partial charge in [0.25, 0.3) is 6.09 Å². The van der Waals surface area contributed by atoms with Crippen molar-refractivity contribution in [1.82, 2.24) is 9.38 Å². The van der Waals surface area contributed by atoms with Crippen LogP contribution in [0, 0.1) is 0 Å². The summed E-state index contributed by atoms with van der Waals surface area (Å²) in [6.07, 6.45) is -5.60. The maximum atomic E-state index is 11.4. The minimum absolute atomic E-state index is 0.196. The van der Waals surface area contributed by atoms with Crippen molar-refractivity contribution in [3.05, 3.63) is 29.8 Å². The zero-order valence-corrected chi connectivity index (χ0v) is 18.0. The summed E-state index contributed by atoms with van der Waals surface area (Å²) in [4.78, 5) is 33.3. The number of nitrogens with zero attached hydrogens (tertiary/aromatic N) is 2. The van der Waals surface area contributed by atoms with Crippen LogP contribution in [-0.2, 0) is 9.59 Å². The van der Waals surface area contributed by atoms with E-state index in [-0.39, 0.29) is 10.5 Å². The molecule has 0 aliphatic rings. The van der Waals surface area contributed by atoms with E-state index in [9.17, 15) is 19.5 Å². The molecule has 30 heavy (non-hydrogen) atoms. The molecule has 0 aliphatic heterocycles. The summed E-state index contributed by atoms with van der Waals surface area (Å²) in [6.45, 7) is 10.7. The monoisotopic (exact) mass is 428 g/mol. The number of hydrogen-bond acceptors (Lipinski definition) is 7. The van der Waals surface area contributed by atoms with Crippen LogP contribution in [-0.4, -0.2) is 82.2 Å². The number of carboxylic acid groups (broad SMARTS) is 3. The van der Waals surface area contributed by atoms with Crippen molar-refractivity contribution >= 4 is 23.7 Å². The molecule has 0 aliphatic carbocycles. The van der Waals surface area contributed by atoms with Crippen molar-refractivity contribution in [3.63, 3.8) is 0 Å². The van der Waals surface area contributed by atoms with Crippen LogP contribution in [0.2, 0.25) is 0 Å². The number of aliphatic hydroxyl groups is 2. The first-order chi connectivity index (χ1) is 13.9. The smallest absolute Gasteiger partial charge is 0.335 e. The van der Waals surface area contributed by atoms with Gasteiger partial charge in [0.1, 0.15) is 5.69 Å². The summed E-state index contributed by atoms with van der Waals surface area (Å²) in [5.74, 6) is -3.54. The van der Waals surface area contributed by atoms with Crippen LogP contribution in [0.4, 0.5) is 10.5 Å². The van der Waals surface area contributed by atoms with Gasteiger partial charge in [-0.2, -0.15) is 0 Å². The van der Waals surface area contributed by atoms with Gasteiger partial charge < -0.3 is 30.3 Å². The van der Waals surface area contributed by atoms with E-state index in [1.165, 1.54) is 0 Å². The van der Waals surface area contributed by atoms with E-state index in [2.05, 4.69) is 31.7 Å². The minimum Gasteiger partial charge on any atom is -0.498 e. The molecule has 1 aromatic carbocycles. The Kier molecular flexibility index (Phi) is 11.2. The van der Waals surface area contributed by atoms with E-state index < -0.39 is 30.2 Å². The Labute approximate surface area is 176 Å². The van der Waals surface area contributed by atoms with Gasteiger partial charge in [0, 0.05) is 12.1 Å². The summed E-state index contributed by atoms with van der Waals surface area (Å²) in [5, 5.41) is 44.0. The van der Waals surface area contributed by atoms with Crippen molar-refractivity contribution in [2.24, 2.45) is 0 Å². The number of hydrogen-bond donors (Lipinski definition) is 4. The molecule has 1 aromatic rings. The fraction of sp³-hybridized carbons (Fsp3) is 0.550. The fourth-order valence-corrected chi connectivity index (χ4v) is 2.76. The van der Waals surface area contributed by atoms with Crippen LogP contribution >= 0.6 is 0 Å². The van der Waals surface area contributed by atoms with Crippen molar-refractivity contribution in [1.29, 1.82) is 0 Å². The van der Waals surface area contributed by atoms with Gasteiger partial charge in [-0.25, -0.2) is 14.1 Å². The molecule has 1 amide bonds. The third kappa shape index (κ3) is 7.06. The molecule has 0 heterocycles. The Morgan fingerprint density at radius 1 is 1.03 bits per heavy atom. The number of carbonyl (C=O) groups excluding carboxylic acids is 1. The molecule has 0 saturated heterocycles. The number of benzene rings is 1. The summed E-state index contributed by atoms with van der Waals surface area (Å²) < 4.78 is -0.196. The Morgan fingerprint density at radius 2 is 1.50 bits per heavy atom. The largest absolute Gasteiger partial charge is 0.498 e. The molecule has 0 fully saturated rings. The lowest BCUT2D eigenvalue weighted by molar-refractivity contribution is -0.262. The molecule has 170 valence electrons. The Hall–Kier alpha value is -2.53. The van der Waals surface area contributed by atoms with Crippen molar-refractivity contribution in [3.8, 4) is 0 Å². The number of amides is 1. The summed E-state index contributed by atoms with van der Waals surface area (Å²) in [5.41, 5.74) is 1.91. The summed E-state index contributed by atoms with van der Waals surface area (Å²) >= 11 is 0. The molecule has 0 bridgehead atoms. The van der Waals surface area contributed by atoms with Gasteiger partial charge in [0.05, 0.1) is 13.6 Å². The Balaban J connectivity index is 0.000000710. The zero-order valence-electron chi connectivity index (χ0n) is 18.0. The highest BCUT2D eigenvalue weighted by molar-refractivity contribution is 5.83. The fourth-order valence-electron chi connectivity index (χ4n) is 2.76. The van der Waals surface area contributed by atoms with Crippen LogP contribution in [0.5, 0.6) is 0 Å². The van der Waals surface area contributed by atoms with E-state index in [0.29, 0.717) is 6.54 Å². The third-order valence-corrected chi connectivity index (χ3v) is 5.12. The van der Waals surface area contributed by atoms with Gasteiger partial charge in [-0.05, 0) is 38.6 Å². The molecule has 0 spiro atoms. The number of quaternary nitrogens is 1. The predicted octanol–water partition coefficient (Wildman–Crippen LogP) is 0.267. The van der Waals surface area contributed by atoms with Gasteiger partial charge in [-0.15, -0.1) is 0 Å². The van der Waals surface area contributed by atoms with Crippen LogP contribution < -0.4 is 9.59 Å². The molecule has 4 atom stereocenters. The maximum Gasteiger partial charge on any atom is 0.335 e. The minimum atomic E-state index is -2.27. The lowest BCUT2D eigenvalue weighted by Crippen LogP contribution is -2.57. The molecule has 3 unspecified atom stereocenters. The van der Waals surface area contributed by atoms with Gasteiger partial charge in [0.2, 0.25) is 0 Å². The zero-order chi connectivity index (χ0) is 23.6. The van der Waals surface area contributed by atoms with E-state index in [0.717, 1.165) is 24.3 Å². The number of rotatable bonds is 9. The first kappa shape index (κ1) is 27.5. The van der Waals surface area contributed by atoms with Crippen LogP contribution in [0.3, 0.4) is 0 Å². The van der Waals surface area contributed by atoms with E-state index in [1.54, 1.807) is 7.05 Å². The van der Waals surface area contributed by atoms with Crippen LogP contribution in [0.25, 0.3) is 0 Å². The van der Waals surface area contributed by atoms with E-state index in [4.69, 9.17) is 20.4 Å². The standard InChI is InChI=1S/C16H26N2O2.C4H6O6/c1-6-17(7-2)13(4)14-10-9-11-15(12-14)18(5,8-3)16(19)20;5-1(3(7)8)2(6)4(9)10/h9-13H,6-8H2,1-5H3;1-2,5-6H,(H,7,8)(H,9,10)/t13?,18-;/m0./s1. The van der Waals surface area contributed by atoms with Gasteiger partial charge >= 0.3 is 11.9 Å². The second-order valence-corrected chi connectivity index (χ2v) is 6.83. The van der Waals surface area contributed by atoms with Gasteiger partial charge in [0.15, 0.2) is 12.2 Å². The predicted molar refractivity (Wildman–Crippen MR) is 109 cm³/mol. The number of aliphatic carboxylic acids is 2. The highest BCUT2D eigenvalue weighted by Gasteiger charge is 2.29. The second-order valence-electron chi connectivity index (χ2n) is 6.83. The van der Waals surface area contributed by atoms with E-state index >= 15 is 0 Å². The lowest BCUT2D eigenvalue weighted by atomic mass is 10.1. The summed E-state index contributed by atoms with van der Waals surface area (Å²) in [7, 11) is 1.68. The first-order valence-corrected chi connectivity index (χ1v) is 9.60. The molecule has 10 heteroatoms. The molecule has 0 radical (unpaired) electrons. The van der Waals surface area contributed by atoms with Gasteiger partial charge in [-0.3, -0.25) is 4.90 Å². The lowest BCUT2D eigenvalue weighted by Gasteiger charge is -2.33. The highest BCUT2D eigenvalue weighted by Crippen LogP contribution is 2.27. The highest BCUT2D eigenvalue weighted by atomic mass is 16.4. The molecular weight excluding hydrogens is 396 g/mol. The number of carboxylic acids is 2. The number of carbonyl (C=O) groups is 3. The molecule has 0 aromatic heterocycles. The molecule has 0 saturated carbocycles. The van der Waals surface area contributed by atoms with Crippen LogP contribution in [0.1, 0.15) is 39.3 Å². The average Bonchev–Trinajstić information content (AvgIpc) is 2.72. The Bertz CT molecular complexity index is 705.